The van der Waals surface area contributed by atoms with Crippen molar-refractivity contribution in [3.05, 3.63) is 0 Å². The molecule has 3 fully saturated rings. The minimum absolute atomic E-state index is 1.16. The molecule has 3 rings (SSSR count). The highest BCUT2D eigenvalue weighted by atomic mass is 32.2. The normalized spacial score (nSPS) is 26.7. The topological polar surface area (TPSA) is 18.0 Å². The van der Waals surface area contributed by atoms with E-state index in [1.165, 1.54) is 62.9 Å². The van der Waals surface area contributed by atoms with Crippen molar-refractivity contribution in [2.45, 2.75) is 25.7 Å². The van der Waals surface area contributed by atoms with Crippen LogP contribution in [0.3, 0.4) is 0 Å². The van der Waals surface area contributed by atoms with Crippen molar-refractivity contribution in [3.63, 3.8) is 0 Å². The van der Waals surface area contributed by atoms with Gasteiger partial charge in [0.1, 0.15) is 5.75 Å². The summed E-state index contributed by atoms with van der Waals surface area (Å²) in [6, 6.07) is 0. The van der Waals surface area contributed by atoms with Crippen LogP contribution >= 0.6 is 11.8 Å². The van der Waals surface area contributed by atoms with Gasteiger partial charge in [0.15, 0.2) is 0 Å². The van der Waals surface area contributed by atoms with E-state index in [9.17, 15) is 0 Å². The molecule has 0 amide bonds. The summed E-state index contributed by atoms with van der Waals surface area (Å²) in [5, 5.41) is 5.03. The largest absolute Gasteiger partial charge is 0.314 e. The quantitative estimate of drug-likeness (QED) is 0.611. The van der Waals surface area contributed by atoms with Crippen LogP contribution in [0.1, 0.15) is 25.7 Å². The fourth-order valence-corrected chi connectivity index (χ4v) is 3.66. The van der Waals surface area contributed by atoms with Crippen LogP contribution in [0.5, 0.6) is 0 Å². The number of amidine groups is 2. The first-order valence-corrected chi connectivity index (χ1v) is 7.04. The Hall–Kier alpha value is -0.510. The summed E-state index contributed by atoms with van der Waals surface area (Å²) in [6.07, 6.45) is 5.47. The van der Waals surface area contributed by atoms with Gasteiger partial charge >= 0.3 is 5.17 Å². The second kappa shape index (κ2) is 4.16. The van der Waals surface area contributed by atoms with E-state index in [0.29, 0.717) is 0 Å². The summed E-state index contributed by atoms with van der Waals surface area (Å²) in [4.78, 5) is 0. The van der Waals surface area contributed by atoms with Crippen molar-refractivity contribution in [2.75, 3.05) is 31.9 Å². The van der Waals surface area contributed by atoms with Gasteiger partial charge in [-0.05, 0) is 37.4 Å². The molecule has 3 saturated heterocycles. The maximum atomic E-state index is 3.62. The Morgan fingerprint density at radius 1 is 0.867 bits per heavy atom. The van der Waals surface area contributed by atoms with Crippen molar-refractivity contribution < 1.29 is 9.15 Å². The first kappa shape index (κ1) is 9.70. The van der Waals surface area contributed by atoms with E-state index in [1.807, 2.05) is 11.8 Å². The van der Waals surface area contributed by atoms with Gasteiger partial charge in [-0.2, -0.15) is 0 Å². The van der Waals surface area contributed by atoms with Crippen LogP contribution in [0, 0.1) is 0 Å². The monoisotopic (exact) mass is 225 g/mol. The maximum Gasteiger partial charge on any atom is 0.314 e. The third kappa shape index (κ3) is 1.92. The van der Waals surface area contributed by atoms with Crippen LogP contribution in [0.4, 0.5) is 0 Å². The fraction of sp³-hybridized carbons (Fsp3) is 0.818. The number of nitrogens with one attached hydrogen (secondary N) is 1. The first-order valence-electron chi connectivity index (χ1n) is 6.06. The summed E-state index contributed by atoms with van der Waals surface area (Å²) >= 11 is 1.99. The van der Waals surface area contributed by atoms with Gasteiger partial charge in [0.2, 0.25) is 0 Å². The molecule has 0 unspecified atom stereocenters. The molecule has 3 aliphatic heterocycles. The van der Waals surface area contributed by atoms with Gasteiger partial charge in [-0.1, -0.05) is 0 Å². The second-order valence-corrected chi connectivity index (χ2v) is 5.52. The fourth-order valence-electron chi connectivity index (χ4n) is 2.58. The van der Waals surface area contributed by atoms with Crippen molar-refractivity contribution >= 4 is 22.8 Å². The predicted octanol–water partition coefficient (Wildman–Crippen LogP) is 0.690. The van der Waals surface area contributed by atoms with Crippen LogP contribution in [-0.2, 0) is 0 Å². The number of thioether (sulfide) groups is 1. The van der Waals surface area contributed by atoms with Crippen LogP contribution in [0.2, 0.25) is 0 Å². The van der Waals surface area contributed by atoms with Crippen LogP contribution < -0.4 is 5.32 Å². The molecule has 82 valence electrons. The number of rotatable bonds is 0. The molecule has 0 spiro atoms. The zero-order chi connectivity index (χ0) is 10.1. The Kier molecular flexibility index (Phi) is 2.69. The molecule has 0 aromatic rings. The lowest BCUT2D eigenvalue weighted by molar-refractivity contribution is -0.511. The van der Waals surface area contributed by atoms with Gasteiger partial charge in [0.25, 0.3) is 5.84 Å². The van der Waals surface area contributed by atoms with Crippen LogP contribution in [-0.4, -0.2) is 52.1 Å². The molecule has 0 aromatic heterocycles. The van der Waals surface area contributed by atoms with Crippen molar-refractivity contribution in [3.8, 4) is 0 Å². The second-order valence-electron chi connectivity index (χ2n) is 4.55. The highest BCUT2D eigenvalue weighted by Crippen LogP contribution is 2.15. The minimum atomic E-state index is 1.16. The summed E-state index contributed by atoms with van der Waals surface area (Å²) in [5.41, 5.74) is 0. The highest BCUT2D eigenvalue weighted by Gasteiger charge is 2.31. The Balaban J connectivity index is 1.77. The number of nitrogens with zero attached hydrogens (tertiary/aromatic N) is 2. The Bertz CT molecular complexity index is 285. The molecule has 0 radical (unpaired) electrons. The Labute approximate surface area is 95.3 Å². The van der Waals surface area contributed by atoms with Crippen LogP contribution in [0.25, 0.3) is 0 Å². The molecule has 4 heteroatoms. The lowest BCUT2D eigenvalue weighted by Crippen LogP contribution is -2.34. The Morgan fingerprint density at radius 3 is 2.13 bits per heavy atom. The third-order valence-corrected chi connectivity index (χ3v) is 4.53. The molecule has 3 nitrogen and oxygen atoms in total. The average molecular weight is 225 g/mol. The SMILES string of the molecule is C1CC[N+](=C2CSC(=[N+]3CCCC3)N2)C1. The molecule has 3 aliphatic rings. The molecule has 3 heterocycles. The molecule has 0 bridgehead atoms. The van der Waals surface area contributed by atoms with E-state index in [4.69, 9.17) is 0 Å². The summed E-state index contributed by atoms with van der Waals surface area (Å²) in [5.74, 6) is 2.62. The average Bonchev–Trinajstić information content (AvgIpc) is 3.02. The zero-order valence-corrected chi connectivity index (χ0v) is 9.98. The van der Waals surface area contributed by atoms with Crippen molar-refractivity contribution in [2.24, 2.45) is 0 Å². The van der Waals surface area contributed by atoms with E-state index in [0.717, 1.165) is 5.75 Å². The molecule has 0 atom stereocenters. The molecule has 0 aromatic carbocycles. The van der Waals surface area contributed by atoms with E-state index in [2.05, 4.69) is 14.5 Å². The van der Waals surface area contributed by atoms with Gasteiger partial charge in [-0.25, -0.2) is 5.32 Å². The molecule has 0 aliphatic carbocycles. The van der Waals surface area contributed by atoms with Gasteiger partial charge < -0.3 is 0 Å². The van der Waals surface area contributed by atoms with Crippen molar-refractivity contribution in [1.82, 2.24) is 5.32 Å². The lowest BCUT2D eigenvalue weighted by atomic mass is 10.4. The van der Waals surface area contributed by atoms with Crippen LogP contribution in [0.15, 0.2) is 0 Å². The third-order valence-electron chi connectivity index (χ3n) is 3.48. The van der Waals surface area contributed by atoms with E-state index in [-0.39, 0.29) is 0 Å². The standard InChI is InChI=1S/C11H18N3S/c1-2-6-13(5-1)10-9-15-11(12-10)14-7-3-4-8-14/h1-9H2/q+1/p+1. The van der Waals surface area contributed by atoms with Gasteiger partial charge in [-0.3, -0.25) is 9.15 Å². The van der Waals surface area contributed by atoms with E-state index < -0.39 is 0 Å². The summed E-state index contributed by atoms with van der Waals surface area (Å²) in [6.45, 7) is 5.03. The number of hydrogen-bond acceptors (Lipinski definition) is 1. The number of hydrogen-bond donors (Lipinski definition) is 1. The lowest BCUT2D eigenvalue weighted by Gasteiger charge is -2.00. The molecular weight excluding hydrogens is 206 g/mol. The zero-order valence-electron chi connectivity index (χ0n) is 9.17. The first-order chi connectivity index (χ1) is 7.43. The van der Waals surface area contributed by atoms with E-state index in [1.54, 1.807) is 0 Å². The summed E-state index contributed by atoms with van der Waals surface area (Å²) in [7, 11) is 0. The van der Waals surface area contributed by atoms with E-state index >= 15 is 0 Å². The van der Waals surface area contributed by atoms with Gasteiger partial charge in [0, 0.05) is 0 Å². The van der Waals surface area contributed by atoms with Gasteiger partial charge in [0.05, 0.1) is 26.2 Å². The molecule has 0 saturated carbocycles. The molecule has 15 heavy (non-hydrogen) atoms. The Morgan fingerprint density at radius 2 is 1.47 bits per heavy atom. The van der Waals surface area contributed by atoms with Crippen molar-refractivity contribution in [1.29, 1.82) is 0 Å². The molecular formula is C11H19N3S+2. The highest BCUT2D eigenvalue weighted by molar-refractivity contribution is 8.14. The minimum Gasteiger partial charge on any atom is -0.265 e. The smallest absolute Gasteiger partial charge is 0.265 e. The summed E-state index contributed by atoms with van der Waals surface area (Å²) < 4.78 is 5.03. The maximum absolute atomic E-state index is 3.62. The molecule has 1 N–H and O–H groups in total. The van der Waals surface area contributed by atoms with Gasteiger partial charge in [-0.15, -0.1) is 0 Å². The predicted molar refractivity (Wildman–Crippen MR) is 64.1 cm³/mol.